The summed E-state index contributed by atoms with van der Waals surface area (Å²) in [4.78, 5) is 0. The molecule has 23 heavy (non-hydrogen) atoms. The highest BCUT2D eigenvalue weighted by Gasteiger charge is 2.27. The number of methoxy groups -OCH3 is 1. The Kier molecular flexibility index (Phi) is 8.10. The lowest BCUT2D eigenvalue weighted by Crippen LogP contribution is -2.30. The van der Waals surface area contributed by atoms with Gasteiger partial charge in [0, 0.05) is 0 Å². The van der Waals surface area contributed by atoms with Crippen LogP contribution in [-0.2, 0) is 16.3 Å². The fraction of sp³-hybridized carbons (Fsp3) is 0.684. The molecular formula is C19H32O3S. The average Bonchev–Trinajstić information content (AvgIpc) is 2.49. The first-order valence-electron chi connectivity index (χ1n) is 8.61. The Morgan fingerprint density at radius 1 is 0.870 bits per heavy atom. The maximum Gasteiger partial charge on any atom is 0.155 e. The maximum absolute atomic E-state index is 12.0. The van der Waals surface area contributed by atoms with Crippen molar-refractivity contribution in [2.24, 2.45) is 0 Å². The van der Waals surface area contributed by atoms with E-state index in [4.69, 9.17) is 4.74 Å². The van der Waals surface area contributed by atoms with Gasteiger partial charge in [-0.15, -0.1) is 0 Å². The second-order valence-corrected chi connectivity index (χ2v) is 10.0. The van der Waals surface area contributed by atoms with E-state index in [0.29, 0.717) is 5.75 Å². The lowest BCUT2D eigenvalue weighted by molar-refractivity contribution is 0.414. The van der Waals surface area contributed by atoms with Crippen LogP contribution in [0, 0.1) is 0 Å². The van der Waals surface area contributed by atoms with Crippen molar-refractivity contribution in [3.8, 4) is 5.75 Å². The molecule has 0 saturated heterocycles. The minimum Gasteiger partial charge on any atom is -0.497 e. The molecule has 0 fully saturated rings. The van der Waals surface area contributed by atoms with Gasteiger partial charge < -0.3 is 4.74 Å². The third-order valence-corrected chi connectivity index (χ3v) is 6.91. The monoisotopic (exact) mass is 340 g/mol. The fourth-order valence-corrected chi connectivity index (χ4v) is 3.62. The summed E-state index contributed by atoms with van der Waals surface area (Å²) in [6.45, 7) is 5.34. The van der Waals surface area contributed by atoms with Crippen molar-refractivity contribution in [2.75, 3.05) is 12.9 Å². The normalized spacial score (nSPS) is 12.3. The smallest absolute Gasteiger partial charge is 0.155 e. The molecule has 0 radical (unpaired) electrons. The first-order chi connectivity index (χ1) is 10.8. The van der Waals surface area contributed by atoms with Crippen molar-refractivity contribution >= 4 is 9.84 Å². The van der Waals surface area contributed by atoms with E-state index >= 15 is 0 Å². The predicted molar refractivity (Wildman–Crippen MR) is 97.9 cm³/mol. The fourth-order valence-electron chi connectivity index (χ4n) is 2.43. The number of aryl methyl sites for hydroxylation is 1. The zero-order valence-corrected chi connectivity index (χ0v) is 15.9. The van der Waals surface area contributed by atoms with Crippen molar-refractivity contribution in [1.82, 2.24) is 0 Å². The standard InChI is InChI=1S/C19H32O3S/c1-19(2,3)23(20,21)16-10-8-6-5-7-9-11-17-12-14-18(22-4)15-13-17/h12-15H,5-11,16H2,1-4H3. The number of sulfone groups is 1. The van der Waals surface area contributed by atoms with Gasteiger partial charge >= 0.3 is 0 Å². The summed E-state index contributed by atoms with van der Waals surface area (Å²) in [5.74, 6) is 1.22. The maximum atomic E-state index is 12.0. The van der Waals surface area contributed by atoms with E-state index in [2.05, 4.69) is 12.1 Å². The van der Waals surface area contributed by atoms with Gasteiger partial charge in [-0.05, 0) is 57.7 Å². The second kappa shape index (κ2) is 9.31. The van der Waals surface area contributed by atoms with E-state index in [9.17, 15) is 8.42 Å². The Bertz CT molecular complexity index is 539. The van der Waals surface area contributed by atoms with Crippen LogP contribution in [0.4, 0.5) is 0 Å². The van der Waals surface area contributed by atoms with Gasteiger partial charge in [-0.2, -0.15) is 0 Å². The molecule has 0 N–H and O–H groups in total. The molecule has 0 saturated carbocycles. The largest absolute Gasteiger partial charge is 0.497 e. The molecule has 0 unspecified atom stereocenters. The topological polar surface area (TPSA) is 43.4 Å². The van der Waals surface area contributed by atoms with Crippen LogP contribution < -0.4 is 4.74 Å². The van der Waals surface area contributed by atoms with Gasteiger partial charge in [0.1, 0.15) is 5.75 Å². The van der Waals surface area contributed by atoms with Gasteiger partial charge in [-0.3, -0.25) is 0 Å². The van der Waals surface area contributed by atoms with Crippen molar-refractivity contribution in [1.29, 1.82) is 0 Å². The quantitative estimate of drug-likeness (QED) is 0.575. The highest BCUT2D eigenvalue weighted by molar-refractivity contribution is 7.92. The second-order valence-electron chi connectivity index (χ2n) is 7.15. The molecule has 3 nitrogen and oxygen atoms in total. The Balaban J connectivity index is 2.07. The first kappa shape index (κ1) is 20.0. The van der Waals surface area contributed by atoms with Crippen LogP contribution in [0.2, 0.25) is 0 Å². The van der Waals surface area contributed by atoms with Crippen molar-refractivity contribution in [3.05, 3.63) is 29.8 Å². The summed E-state index contributed by atoms with van der Waals surface area (Å²) in [6.07, 6.45) is 7.61. The first-order valence-corrected chi connectivity index (χ1v) is 10.3. The zero-order chi connectivity index (χ0) is 17.3. The molecular weight excluding hydrogens is 308 g/mol. The highest BCUT2D eigenvalue weighted by atomic mass is 32.2. The third-order valence-electron chi connectivity index (χ3n) is 4.22. The summed E-state index contributed by atoms with van der Waals surface area (Å²) in [5, 5.41) is 0. The Hall–Kier alpha value is -1.03. The summed E-state index contributed by atoms with van der Waals surface area (Å²) >= 11 is 0. The minimum absolute atomic E-state index is 0.322. The lowest BCUT2D eigenvalue weighted by Gasteiger charge is -2.18. The van der Waals surface area contributed by atoms with Crippen molar-refractivity contribution < 1.29 is 13.2 Å². The van der Waals surface area contributed by atoms with Crippen molar-refractivity contribution in [2.45, 2.75) is 70.5 Å². The molecule has 4 heteroatoms. The molecule has 0 bridgehead atoms. The lowest BCUT2D eigenvalue weighted by atomic mass is 10.0. The Morgan fingerprint density at radius 3 is 1.91 bits per heavy atom. The van der Waals surface area contributed by atoms with E-state index < -0.39 is 14.6 Å². The van der Waals surface area contributed by atoms with Crippen LogP contribution in [0.5, 0.6) is 5.75 Å². The summed E-state index contributed by atoms with van der Waals surface area (Å²) in [6, 6.07) is 8.25. The van der Waals surface area contributed by atoms with Crippen LogP contribution in [0.25, 0.3) is 0 Å². The molecule has 1 aromatic carbocycles. The number of hydrogen-bond acceptors (Lipinski definition) is 3. The summed E-state index contributed by atoms with van der Waals surface area (Å²) in [7, 11) is -1.26. The zero-order valence-electron chi connectivity index (χ0n) is 15.1. The van der Waals surface area contributed by atoms with E-state index in [1.165, 1.54) is 24.8 Å². The predicted octanol–water partition coefficient (Wildman–Crippen LogP) is 4.79. The van der Waals surface area contributed by atoms with E-state index in [1.807, 2.05) is 12.1 Å². The van der Waals surface area contributed by atoms with Crippen molar-refractivity contribution in [3.63, 3.8) is 0 Å². The molecule has 0 spiro atoms. The van der Waals surface area contributed by atoms with Crippen LogP contribution in [0.15, 0.2) is 24.3 Å². The van der Waals surface area contributed by atoms with E-state index in [0.717, 1.165) is 31.4 Å². The third kappa shape index (κ3) is 7.38. The molecule has 0 atom stereocenters. The van der Waals surface area contributed by atoms with Crippen LogP contribution in [0.1, 0.15) is 64.9 Å². The number of rotatable bonds is 10. The van der Waals surface area contributed by atoms with Gasteiger partial charge in [0.15, 0.2) is 9.84 Å². The Morgan fingerprint density at radius 2 is 1.39 bits per heavy atom. The minimum atomic E-state index is -2.95. The van der Waals surface area contributed by atoms with Gasteiger partial charge in [0.2, 0.25) is 0 Å². The molecule has 0 aliphatic rings. The number of ether oxygens (including phenoxy) is 1. The molecule has 0 aromatic heterocycles. The van der Waals surface area contributed by atoms with Crippen LogP contribution >= 0.6 is 0 Å². The molecule has 1 rings (SSSR count). The SMILES string of the molecule is COc1ccc(CCCCCCCCS(=O)(=O)C(C)(C)C)cc1. The molecule has 1 aromatic rings. The van der Waals surface area contributed by atoms with E-state index in [1.54, 1.807) is 27.9 Å². The summed E-state index contributed by atoms with van der Waals surface area (Å²) in [5.41, 5.74) is 1.35. The number of hydrogen-bond donors (Lipinski definition) is 0. The average molecular weight is 341 g/mol. The van der Waals surface area contributed by atoms with Gasteiger partial charge in [-0.1, -0.05) is 37.8 Å². The van der Waals surface area contributed by atoms with Crippen LogP contribution in [0.3, 0.4) is 0 Å². The number of unbranched alkanes of at least 4 members (excludes halogenated alkanes) is 5. The van der Waals surface area contributed by atoms with Crippen LogP contribution in [-0.4, -0.2) is 26.0 Å². The van der Waals surface area contributed by atoms with Gasteiger partial charge in [-0.25, -0.2) is 8.42 Å². The van der Waals surface area contributed by atoms with E-state index in [-0.39, 0.29) is 0 Å². The molecule has 132 valence electrons. The molecule has 0 amide bonds. The van der Waals surface area contributed by atoms with Gasteiger partial charge in [0.05, 0.1) is 17.6 Å². The molecule has 0 aliphatic heterocycles. The highest BCUT2D eigenvalue weighted by Crippen LogP contribution is 2.18. The molecule has 0 heterocycles. The number of benzene rings is 1. The van der Waals surface area contributed by atoms with Gasteiger partial charge in [0.25, 0.3) is 0 Å². The molecule has 0 aliphatic carbocycles. The summed E-state index contributed by atoms with van der Waals surface area (Å²) < 4.78 is 28.5. The Labute approximate surface area is 142 Å².